The Kier molecular flexibility index (Phi) is 3.94. The zero-order valence-corrected chi connectivity index (χ0v) is 10.2. The summed E-state index contributed by atoms with van der Waals surface area (Å²) in [5.41, 5.74) is 0.601. The van der Waals surface area contributed by atoms with Gasteiger partial charge in [0.25, 0.3) is 0 Å². The molecule has 1 aromatic rings. The van der Waals surface area contributed by atoms with Gasteiger partial charge >= 0.3 is 5.97 Å². The molecule has 2 rings (SSSR count). The fourth-order valence-electron chi connectivity index (χ4n) is 1.71. The maximum atomic E-state index is 13.4. The number of anilines is 1. The topological polar surface area (TPSA) is 66.4 Å². The van der Waals surface area contributed by atoms with Crippen LogP contribution in [0.5, 0.6) is 0 Å². The van der Waals surface area contributed by atoms with Crippen molar-refractivity contribution >= 4 is 23.6 Å². The second-order valence-corrected chi connectivity index (χ2v) is 4.60. The molecule has 1 aliphatic carbocycles. The van der Waals surface area contributed by atoms with Crippen LogP contribution in [0.2, 0.25) is 0 Å². The van der Waals surface area contributed by atoms with E-state index in [1.807, 2.05) is 0 Å². The van der Waals surface area contributed by atoms with Gasteiger partial charge in [-0.3, -0.25) is 4.79 Å². The van der Waals surface area contributed by atoms with Crippen molar-refractivity contribution in [1.29, 1.82) is 0 Å². The first kappa shape index (κ1) is 13.3. The maximum absolute atomic E-state index is 13.4. The van der Waals surface area contributed by atoms with Gasteiger partial charge in [-0.15, -0.1) is 0 Å². The molecule has 0 unspecified atom stereocenters. The van der Waals surface area contributed by atoms with Crippen LogP contribution in [0.15, 0.2) is 24.3 Å². The van der Waals surface area contributed by atoms with Crippen molar-refractivity contribution in [2.45, 2.75) is 19.3 Å². The molecule has 0 radical (unpaired) electrons. The summed E-state index contributed by atoms with van der Waals surface area (Å²) in [5, 5.41) is 11.2. The number of nitrogens with one attached hydrogen (secondary N) is 1. The summed E-state index contributed by atoms with van der Waals surface area (Å²) in [7, 11) is 0. The largest absolute Gasteiger partial charge is 0.478 e. The van der Waals surface area contributed by atoms with E-state index in [4.69, 9.17) is 5.11 Å². The van der Waals surface area contributed by atoms with E-state index in [9.17, 15) is 14.0 Å². The van der Waals surface area contributed by atoms with Gasteiger partial charge in [0.2, 0.25) is 5.91 Å². The molecule has 4 nitrogen and oxygen atoms in total. The fraction of sp³-hybridized carbons (Fsp3) is 0.286. The van der Waals surface area contributed by atoms with Crippen molar-refractivity contribution in [3.63, 3.8) is 0 Å². The van der Waals surface area contributed by atoms with Crippen molar-refractivity contribution in [3.05, 3.63) is 35.7 Å². The molecule has 0 aliphatic heterocycles. The van der Waals surface area contributed by atoms with Gasteiger partial charge in [-0.2, -0.15) is 0 Å². The number of carbonyl (C=O) groups excluding carboxylic acids is 1. The Morgan fingerprint density at radius 2 is 2.16 bits per heavy atom. The van der Waals surface area contributed by atoms with Crippen LogP contribution in [0.4, 0.5) is 10.1 Å². The van der Waals surface area contributed by atoms with Crippen LogP contribution in [-0.2, 0) is 9.59 Å². The molecule has 0 bridgehead atoms. The van der Waals surface area contributed by atoms with Gasteiger partial charge in [0, 0.05) is 23.7 Å². The summed E-state index contributed by atoms with van der Waals surface area (Å²) in [6, 6.07) is 4.08. The second kappa shape index (κ2) is 5.65. The molecule has 100 valence electrons. The average molecular weight is 263 g/mol. The molecule has 0 heterocycles. The van der Waals surface area contributed by atoms with Crippen molar-refractivity contribution in [1.82, 2.24) is 0 Å². The Hall–Kier alpha value is -2.17. The van der Waals surface area contributed by atoms with Crippen molar-refractivity contribution in [3.8, 4) is 0 Å². The summed E-state index contributed by atoms with van der Waals surface area (Å²) in [6.07, 6.45) is 4.67. The lowest BCUT2D eigenvalue weighted by Crippen LogP contribution is -2.12. The smallest absolute Gasteiger partial charge is 0.328 e. The van der Waals surface area contributed by atoms with Gasteiger partial charge in [0.05, 0.1) is 0 Å². The molecule has 0 spiro atoms. The molecule has 1 amide bonds. The van der Waals surface area contributed by atoms with Gasteiger partial charge in [-0.1, -0.05) is 0 Å². The highest BCUT2D eigenvalue weighted by Gasteiger charge is 2.24. The highest BCUT2D eigenvalue weighted by atomic mass is 19.1. The first-order valence-corrected chi connectivity index (χ1v) is 6.05. The van der Waals surface area contributed by atoms with Gasteiger partial charge in [0.15, 0.2) is 0 Å². The van der Waals surface area contributed by atoms with Crippen LogP contribution in [0.25, 0.3) is 6.08 Å². The number of carbonyl (C=O) groups is 2. The minimum absolute atomic E-state index is 0.0951. The predicted molar refractivity (Wildman–Crippen MR) is 69.0 cm³/mol. The van der Waals surface area contributed by atoms with E-state index in [-0.39, 0.29) is 11.5 Å². The molecule has 2 N–H and O–H groups in total. The Bertz CT molecular complexity index is 535. The maximum Gasteiger partial charge on any atom is 0.328 e. The van der Waals surface area contributed by atoms with Crippen molar-refractivity contribution < 1.29 is 19.1 Å². The van der Waals surface area contributed by atoms with E-state index in [0.29, 0.717) is 18.0 Å². The summed E-state index contributed by atoms with van der Waals surface area (Å²) in [4.78, 5) is 22.0. The summed E-state index contributed by atoms with van der Waals surface area (Å²) in [5.74, 6) is -1.30. The fourth-order valence-corrected chi connectivity index (χ4v) is 1.71. The molecule has 19 heavy (non-hydrogen) atoms. The number of halogens is 1. The van der Waals surface area contributed by atoms with Crippen LogP contribution in [0.1, 0.15) is 24.8 Å². The lowest BCUT2D eigenvalue weighted by molar-refractivity contribution is -0.131. The number of hydrogen-bond acceptors (Lipinski definition) is 2. The first-order chi connectivity index (χ1) is 9.04. The van der Waals surface area contributed by atoms with Crippen LogP contribution in [-0.4, -0.2) is 17.0 Å². The van der Waals surface area contributed by atoms with E-state index >= 15 is 0 Å². The van der Waals surface area contributed by atoms with Crippen LogP contribution in [0.3, 0.4) is 0 Å². The lowest BCUT2D eigenvalue weighted by Gasteiger charge is -2.06. The number of hydrogen-bond donors (Lipinski definition) is 2. The number of carboxylic acids is 1. The molecule has 5 heteroatoms. The Morgan fingerprint density at radius 1 is 1.42 bits per heavy atom. The van der Waals surface area contributed by atoms with Crippen LogP contribution < -0.4 is 5.32 Å². The van der Waals surface area contributed by atoms with E-state index < -0.39 is 11.8 Å². The standard InChI is InChI=1S/C14H14FNO3/c15-12-5-4-11(8-10(12)3-6-14(18)19)16-13(17)7-9-1-2-9/h3-6,8-9H,1-2,7H2,(H,16,17)(H,18,19)/b6-3+. The molecule has 1 aromatic carbocycles. The molecule has 1 saturated carbocycles. The zero-order valence-electron chi connectivity index (χ0n) is 10.2. The number of benzene rings is 1. The predicted octanol–water partition coefficient (Wildman–Crippen LogP) is 2.66. The molecular formula is C14H14FNO3. The highest BCUT2D eigenvalue weighted by molar-refractivity contribution is 5.91. The SMILES string of the molecule is O=C(O)/C=C/c1cc(NC(=O)CC2CC2)ccc1F. The molecule has 1 aliphatic rings. The second-order valence-electron chi connectivity index (χ2n) is 4.60. The average Bonchev–Trinajstić information content (AvgIpc) is 3.13. The van der Waals surface area contributed by atoms with Gasteiger partial charge in [-0.05, 0) is 43.0 Å². The highest BCUT2D eigenvalue weighted by Crippen LogP contribution is 2.32. The van der Waals surface area contributed by atoms with E-state index in [0.717, 1.165) is 25.0 Å². The first-order valence-electron chi connectivity index (χ1n) is 6.05. The third-order valence-corrected chi connectivity index (χ3v) is 2.86. The third kappa shape index (κ3) is 4.21. The molecule has 0 saturated heterocycles. The number of amides is 1. The summed E-state index contributed by atoms with van der Waals surface area (Å²) in [6.45, 7) is 0. The lowest BCUT2D eigenvalue weighted by atomic mass is 10.1. The number of aliphatic carboxylic acids is 1. The zero-order chi connectivity index (χ0) is 13.8. The molecule has 0 atom stereocenters. The van der Waals surface area contributed by atoms with Crippen molar-refractivity contribution in [2.24, 2.45) is 5.92 Å². The summed E-state index contributed by atoms with van der Waals surface area (Å²) < 4.78 is 13.4. The Balaban J connectivity index is 2.06. The number of carboxylic acid groups (broad SMARTS) is 1. The van der Waals surface area contributed by atoms with E-state index in [1.54, 1.807) is 0 Å². The van der Waals surface area contributed by atoms with Gasteiger partial charge in [-0.25, -0.2) is 9.18 Å². The number of rotatable bonds is 5. The van der Waals surface area contributed by atoms with Crippen LogP contribution >= 0.6 is 0 Å². The van der Waals surface area contributed by atoms with Gasteiger partial charge in [0.1, 0.15) is 5.82 Å². The normalized spacial score (nSPS) is 14.6. The molecular weight excluding hydrogens is 249 g/mol. The van der Waals surface area contributed by atoms with Crippen LogP contribution in [0, 0.1) is 11.7 Å². The minimum Gasteiger partial charge on any atom is -0.478 e. The summed E-state index contributed by atoms with van der Waals surface area (Å²) >= 11 is 0. The minimum atomic E-state index is -1.15. The Morgan fingerprint density at radius 3 is 2.79 bits per heavy atom. The van der Waals surface area contributed by atoms with E-state index in [1.165, 1.54) is 18.2 Å². The van der Waals surface area contributed by atoms with Gasteiger partial charge < -0.3 is 10.4 Å². The van der Waals surface area contributed by atoms with Crippen molar-refractivity contribution in [2.75, 3.05) is 5.32 Å². The molecule has 0 aromatic heterocycles. The third-order valence-electron chi connectivity index (χ3n) is 2.86. The Labute approximate surface area is 109 Å². The van der Waals surface area contributed by atoms with E-state index in [2.05, 4.69) is 5.32 Å². The quantitative estimate of drug-likeness (QED) is 0.802. The molecule has 1 fully saturated rings. The monoisotopic (exact) mass is 263 g/mol.